The van der Waals surface area contributed by atoms with Gasteiger partial charge in [-0.1, -0.05) is 15.9 Å². The molecular weight excluding hydrogens is 188 g/mol. The van der Waals surface area contributed by atoms with Gasteiger partial charge in [-0.3, -0.25) is 9.59 Å². The van der Waals surface area contributed by atoms with Crippen LogP contribution in [0.4, 0.5) is 0 Å². The van der Waals surface area contributed by atoms with Gasteiger partial charge in [-0.05, 0) is 6.92 Å². The molecule has 9 heavy (non-hydrogen) atoms. The molecule has 1 aliphatic heterocycles. The number of alkyl halides is 1. The van der Waals surface area contributed by atoms with E-state index in [1.165, 1.54) is 0 Å². The van der Waals surface area contributed by atoms with Crippen molar-refractivity contribution in [2.45, 2.75) is 4.83 Å². The third-order valence-corrected chi connectivity index (χ3v) is 2.09. The molecule has 0 bridgehead atoms. The normalized spacial score (nSPS) is 34.9. The highest BCUT2D eigenvalue weighted by Crippen LogP contribution is 2.22. The second-order valence-electron chi connectivity index (χ2n) is 1.75. The number of carbonyl (C=O) groups excluding carboxylic acids is 2. The molecule has 2 atom stereocenters. The van der Waals surface area contributed by atoms with Crippen molar-refractivity contribution in [1.29, 1.82) is 0 Å². The van der Waals surface area contributed by atoms with Crippen molar-refractivity contribution < 1.29 is 14.3 Å². The topological polar surface area (TPSA) is 43.4 Å². The summed E-state index contributed by atoms with van der Waals surface area (Å²) in [5, 5.41) is 0. The molecule has 1 radical (unpaired) electrons. The van der Waals surface area contributed by atoms with Crippen LogP contribution in [0.25, 0.3) is 0 Å². The van der Waals surface area contributed by atoms with Gasteiger partial charge in [0.2, 0.25) is 0 Å². The standard InChI is InChI=1S/C5H4BrO3/c1-2-3(6)5(8)9-4(2)7/h2-3H,1H2. The minimum Gasteiger partial charge on any atom is -0.392 e. The molecule has 0 aromatic heterocycles. The first-order valence-corrected chi connectivity index (χ1v) is 3.27. The Morgan fingerprint density at radius 1 is 1.44 bits per heavy atom. The third kappa shape index (κ3) is 0.986. The molecule has 2 unspecified atom stereocenters. The van der Waals surface area contributed by atoms with E-state index < -0.39 is 22.7 Å². The summed E-state index contributed by atoms with van der Waals surface area (Å²) in [6, 6.07) is 0. The lowest BCUT2D eigenvalue weighted by molar-refractivity contribution is -0.152. The number of ether oxygens (including phenoxy) is 1. The summed E-state index contributed by atoms with van der Waals surface area (Å²) < 4.78 is 4.20. The summed E-state index contributed by atoms with van der Waals surface area (Å²) >= 11 is 2.95. The Labute approximate surface area is 60.5 Å². The molecule has 1 fully saturated rings. The predicted octanol–water partition coefficient (Wildman–Crippen LogP) is 0.284. The van der Waals surface area contributed by atoms with E-state index in [4.69, 9.17) is 0 Å². The number of cyclic esters (lactones) is 2. The average Bonchev–Trinajstić information content (AvgIpc) is 1.98. The number of esters is 2. The van der Waals surface area contributed by atoms with Crippen LogP contribution in [-0.2, 0) is 14.3 Å². The molecule has 0 amide bonds. The minimum absolute atomic E-state index is 0.542. The maximum absolute atomic E-state index is 10.5. The zero-order valence-corrected chi connectivity index (χ0v) is 6.05. The Morgan fingerprint density at radius 2 is 2.00 bits per heavy atom. The Kier molecular flexibility index (Phi) is 1.57. The Morgan fingerprint density at radius 3 is 2.11 bits per heavy atom. The van der Waals surface area contributed by atoms with Crippen molar-refractivity contribution >= 4 is 27.9 Å². The van der Waals surface area contributed by atoms with Crippen LogP contribution < -0.4 is 0 Å². The largest absolute Gasteiger partial charge is 0.392 e. The van der Waals surface area contributed by atoms with Gasteiger partial charge in [0.05, 0.1) is 5.92 Å². The average molecular weight is 192 g/mol. The van der Waals surface area contributed by atoms with E-state index in [2.05, 4.69) is 27.6 Å². The smallest absolute Gasteiger partial charge is 0.328 e. The van der Waals surface area contributed by atoms with E-state index in [0.717, 1.165) is 0 Å². The van der Waals surface area contributed by atoms with Crippen molar-refractivity contribution in [3.05, 3.63) is 6.92 Å². The quantitative estimate of drug-likeness (QED) is 0.314. The van der Waals surface area contributed by atoms with E-state index in [0.29, 0.717) is 0 Å². The summed E-state index contributed by atoms with van der Waals surface area (Å²) in [6.07, 6.45) is 0. The van der Waals surface area contributed by atoms with Gasteiger partial charge >= 0.3 is 11.9 Å². The van der Waals surface area contributed by atoms with Gasteiger partial charge in [0, 0.05) is 0 Å². The van der Waals surface area contributed by atoms with Crippen LogP contribution in [0.1, 0.15) is 0 Å². The monoisotopic (exact) mass is 191 g/mol. The lowest BCUT2D eigenvalue weighted by Crippen LogP contribution is -2.13. The summed E-state index contributed by atoms with van der Waals surface area (Å²) in [7, 11) is 0. The summed E-state index contributed by atoms with van der Waals surface area (Å²) in [6.45, 7) is 3.41. The SMILES string of the molecule is [CH2]C1C(=O)OC(=O)C1Br. The van der Waals surface area contributed by atoms with E-state index >= 15 is 0 Å². The molecule has 49 valence electrons. The molecule has 0 aliphatic carbocycles. The molecule has 3 nitrogen and oxygen atoms in total. The molecule has 0 aromatic carbocycles. The van der Waals surface area contributed by atoms with Gasteiger partial charge in [-0.25, -0.2) is 0 Å². The van der Waals surface area contributed by atoms with Crippen LogP contribution in [0.5, 0.6) is 0 Å². The fourth-order valence-electron chi connectivity index (χ4n) is 0.515. The molecule has 4 heteroatoms. The van der Waals surface area contributed by atoms with Crippen LogP contribution in [0.3, 0.4) is 0 Å². The molecule has 1 saturated heterocycles. The van der Waals surface area contributed by atoms with Gasteiger partial charge in [0.25, 0.3) is 0 Å². The highest BCUT2D eigenvalue weighted by atomic mass is 79.9. The fraction of sp³-hybridized carbons (Fsp3) is 0.400. The van der Waals surface area contributed by atoms with Crippen LogP contribution in [0.2, 0.25) is 0 Å². The molecule has 0 aromatic rings. The molecule has 1 aliphatic rings. The second kappa shape index (κ2) is 2.10. The first kappa shape index (κ1) is 6.74. The molecule has 1 rings (SSSR count). The van der Waals surface area contributed by atoms with Crippen LogP contribution in [0.15, 0.2) is 0 Å². The van der Waals surface area contributed by atoms with Gasteiger partial charge in [-0.15, -0.1) is 0 Å². The van der Waals surface area contributed by atoms with Gasteiger partial charge in [-0.2, -0.15) is 0 Å². The highest BCUT2D eigenvalue weighted by Gasteiger charge is 2.39. The number of halogens is 1. The van der Waals surface area contributed by atoms with E-state index in [1.54, 1.807) is 0 Å². The zero-order valence-electron chi connectivity index (χ0n) is 4.46. The summed E-state index contributed by atoms with van der Waals surface area (Å²) in [5.41, 5.74) is 0. The van der Waals surface area contributed by atoms with E-state index in [1.807, 2.05) is 0 Å². The Hall–Kier alpha value is -0.380. The number of hydrogen-bond donors (Lipinski definition) is 0. The molecule has 1 heterocycles. The van der Waals surface area contributed by atoms with Gasteiger partial charge in [0.1, 0.15) is 4.83 Å². The lowest BCUT2D eigenvalue weighted by atomic mass is 10.1. The van der Waals surface area contributed by atoms with Crippen molar-refractivity contribution in [3.63, 3.8) is 0 Å². The first-order valence-electron chi connectivity index (χ1n) is 2.35. The van der Waals surface area contributed by atoms with Crippen molar-refractivity contribution in [2.24, 2.45) is 5.92 Å². The third-order valence-electron chi connectivity index (χ3n) is 1.08. The Bertz CT molecular complexity index is 148. The van der Waals surface area contributed by atoms with Gasteiger partial charge < -0.3 is 4.74 Å². The van der Waals surface area contributed by atoms with Gasteiger partial charge in [0.15, 0.2) is 0 Å². The van der Waals surface area contributed by atoms with Crippen molar-refractivity contribution in [2.75, 3.05) is 0 Å². The van der Waals surface area contributed by atoms with Crippen molar-refractivity contribution in [1.82, 2.24) is 0 Å². The number of hydrogen-bond acceptors (Lipinski definition) is 3. The predicted molar refractivity (Wildman–Crippen MR) is 32.7 cm³/mol. The zero-order chi connectivity index (χ0) is 7.02. The van der Waals surface area contributed by atoms with E-state index in [-0.39, 0.29) is 0 Å². The highest BCUT2D eigenvalue weighted by molar-refractivity contribution is 9.10. The van der Waals surface area contributed by atoms with Crippen molar-refractivity contribution in [3.8, 4) is 0 Å². The molecular formula is C5H4BrO3. The maximum atomic E-state index is 10.5. The van der Waals surface area contributed by atoms with Crippen LogP contribution >= 0.6 is 15.9 Å². The number of carbonyl (C=O) groups is 2. The van der Waals surface area contributed by atoms with E-state index in [9.17, 15) is 9.59 Å². The number of rotatable bonds is 0. The molecule has 0 saturated carbocycles. The fourth-order valence-corrected chi connectivity index (χ4v) is 0.824. The van der Waals surface area contributed by atoms with Crippen LogP contribution in [0, 0.1) is 12.8 Å². The summed E-state index contributed by atoms with van der Waals surface area (Å²) in [5.74, 6) is -1.68. The molecule has 0 N–H and O–H groups in total. The first-order chi connectivity index (χ1) is 4.13. The molecule has 0 spiro atoms. The lowest BCUT2D eigenvalue weighted by Gasteiger charge is -1.94. The minimum atomic E-state index is -0.586. The van der Waals surface area contributed by atoms with Crippen LogP contribution in [-0.4, -0.2) is 16.8 Å². The Balaban J connectivity index is 2.77. The second-order valence-corrected chi connectivity index (χ2v) is 2.73. The summed E-state index contributed by atoms with van der Waals surface area (Å²) in [4.78, 5) is 20.4. The maximum Gasteiger partial charge on any atom is 0.328 e.